The van der Waals surface area contributed by atoms with Crippen LogP contribution < -0.4 is 15.0 Å². The number of halogens is 3. The normalized spacial score (nSPS) is 17.6. The number of ether oxygens (including phenoxy) is 1. The van der Waals surface area contributed by atoms with Gasteiger partial charge in [0.15, 0.2) is 5.11 Å². The fraction of sp³-hybridized carbons (Fsp3) is 0.120. The maximum absolute atomic E-state index is 14.6. The number of anilines is 1. The molecule has 1 N–H and O–H groups in total. The van der Waals surface area contributed by atoms with Gasteiger partial charge in [-0.1, -0.05) is 33.6 Å². The molecule has 1 saturated heterocycles. The van der Waals surface area contributed by atoms with Crippen molar-refractivity contribution in [3.8, 4) is 17.1 Å². The summed E-state index contributed by atoms with van der Waals surface area (Å²) in [5, 5.41) is 4.32. The van der Waals surface area contributed by atoms with E-state index in [2.05, 4.69) is 26.2 Å². The average Bonchev–Trinajstić information content (AvgIpc) is 3.44. The summed E-state index contributed by atoms with van der Waals surface area (Å²) in [5.74, 6) is 1.21. The first-order chi connectivity index (χ1) is 16.5. The van der Waals surface area contributed by atoms with Crippen molar-refractivity contribution in [3.05, 3.63) is 99.7 Å². The van der Waals surface area contributed by atoms with Crippen LogP contribution in [0.25, 0.3) is 11.3 Å². The lowest BCUT2D eigenvalue weighted by molar-refractivity contribution is 0.415. The molecule has 1 aliphatic heterocycles. The first-order valence-electron chi connectivity index (χ1n) is 10.4. The predicted octanol–water partition coefficient (Wildman–Crippen LogP) is 7.08. The topological polar surface area (TPSA) is 50.5 Å². The molecular formula is C25H18BrClFN3O2S. The molecule has 4 aromatic rings. The smallest absolute Gasteiger partial charge is 0.174 e. The van der Waals surface area contributed by atoms with E-state index in [1.165, 1.54) is 6.07 Å². The second-order valence-electron chi connectivity index (χ2n) is 7.64. The monoisotopic (exact) mass is 557 g/mol. The molecule has 3 heterocycles. The Kier molecular flexibility index (Phi) is 6.29. The van der Waals surface area contributed by atoms with Gasteiger partial charge >= 0.3 is 0 Å². The lowest BCUT2D eigenvalue weighted by Gasteiger charge is -2.26. The summed E-state index contributed by atoms with van der Waals surface area (Å²) in [4.78, 5) is 6.46. The van der Waals surface area contributed by atoms with Gasteiger partial charge in [-0.2, -0.15) is 0 Å². The zero-order valence-electron chi connectivity index (χ0n) is 17.8. The van der Waals surface area contributed by atoms with E-state index in [1.54, 1.807) is 43.6 Å². The molecule has 0 aliphatic carbocycles. The Labute approximate surface area is 214 Å². The predicted molar refractivity (Wildman–Crippen MR) is 138 cm³/mol. The molecule has 0 bridgehead atoms. The van der Waals surface area contributed by atoms with Crippen molar-refractivity contribution < 1.29 is 13.5 Å². The Bertz CT molecular complexity index is 1370. The summed E-state index contributed by atoms with van der Waals surface area (Å²) in [6.45, 7) is 0. The number of nitrogens with one attached hydrogen (secondary N) is 1. The summed E-state index contributed by atoms with van der Waals surface area (Å²) >= 11 is 15.4. The molecular weight excluding hydrogens is 541 g/mol. The molecule has 2 aromatic carbocycles. The third kappa shape index (κ3) is 4.17. The Morgan fingerprint density at radius 1 is 1.15 bits per heavy atom. The van der Waals surface area contributed by atoms with Gasteiger partial charge < -0.3 is 19.4 Å². The number of methoxy groups -OCH3 is 1. The Morgan fingerprint density at radius 2 is 2.00 bits per heavy atom. The van der Waals surface area contributed by atoms with Crippen LogP contribution in [0.5, 0.6) is 5.75 Å². The van der Waals surface area contributed by atoms with E-state index < -0.39 is 0 Å². The van der Waals surface area contributed by atoms with Gasteiger partial charge in [0.1, 0.15) is 29.1 Å². The number of aromatic nitrogens is 1. The summed E-state index contributed by atoms with van der Waals surface area (Å²) in [7, 11) is 1.56. The number of benzene rings is 2. The second kappa shape index (κ2) is 9.37. The molecule has 0 saturated carbocycles. The first kappa shape index (κ1) is 22.8. The van der Waals surface area contributed by atoms with Crippen LogP contribution in [0.15, 0.2) is 81.8 Å². The number of hydrogen-bond acceptors (Lipinski definition) is 4. The van der Waals surface area contributed by atoms with E-state index >= 15 is 0 Å². The van der Waals surface area contributed by atoms with Gasteiger partial charge in [0, 0.05) is 16.4 Å². The first-order valence-corrected chi connectivity index (χ1v) is 11.9. The molecule has 2 atom stereocenters. The maximum atomic E-state index is 14.6. The molecule has 0 unspecified atom stereocenters. The molecule has 172 valence electrons. The van der Waals surface area contributed by atoms with E-state index in [0.29, 0.717) is 37.4 Å². The molecule has 5 nitrogen and oxygen atoms in total. The number of furan rings is 1. The molecule has 34 heavy (non-hydrogen) atoms. The molecule has 1 aliphatic rings. The number of pyridine rings is 1. The Morgan fingerprint density at radius 3 is 2.71 bits per heavy atom. The van der Waals surface area contributed by atoms with Crippen molar-refractivity contribution in [1.29, 1.82) is 0 Å². The molecule has 2 aromatic heterocycles. The van der Waals surface area contributed by atoms with Gasteiger partial charge in [0.05, 0.1) is 29.4 Å². The minimum absolute atomic E-state index is 0.302. The fourth-order valence-corrected chi connectivity index (χ4v) is 5.00. The van der Waals surface area contributed by atoms with Gasteiger partial charge in [-0.05, 0) is 72.9 Å². The minimum atomic E-state index is -0.390. The number of rotatable bonds is 5. The largest absolute Gasteiger partial charge is 0.495 e. The quantitative estimate of drug-likeness (QED) is 0.264. The highest BCUT2D eigenvalue weighted by molar-refractivity contribution is 9.10. The summed E-state index contributed by atoms with van der Waals surface area (Å²) in [6, 6.07) is 18.9. The van der Waals surface area contributed by atoms with Crippen LogP contribution in [0.2, 0.25) is 5.02 Å². The summed E-state index contributed by atoms with van der Waals surface area (Å²) in [5.41, 5.74) is 1.93. The van der Waals surface area contributed by atoms with Gasteiger partial charge in [0.25, 0.3) is 0 Å². The second-order valence-corrected chi connectivity index (χ2v) is 9.35. The highest BCUT2D eigenvalue weighted by atomic mass is 79.9. The molecule has 5 rings (SSSR count). The minimum Gasteiger partial charge on any atom is -0.495 e. The Balaban J connectivity index is 1.61. The van der Waals surface area contributed by atoms with E-state index in [-0.39, 0.29) is 17.9 Å². The summed E-state index contributed by atoms with van der Waals surface area (Å²) < 4.78 is 26.8. The van der Waals surface area contributed by atoms with Gasteiger partial charge in [-0.3, -0.25) is 4.98 Å². The van der Waals surface area contributed by atoms with Crippen molar-refractivity contribution in [2.75, 3.05) is 12.0 Å². The van der Waals surface area contributed by atoms with E-state index in [4.69, 9.17) is 33.0 Å². The lowest BCUT2D eigenvalue weighted by Crippen LogP contribution is -2.29. The average molecular weight is 559 g/mol. The van der Waals surface area contributed by atoms with E-state index in [0.717, 1.165) is 11.4 Å². The third-order valence-corrected chi connectivity index (χ3v) is 6.73. The van der Waals surface area contributed by atoms with Gasteiger partial charge in [-0.25, -0.2) is 4.39 Å². The number of thiocarbonyl (C=S) groups is 1. The molecule has 0 radical (unpaired) electrons. The molecule has 9 heteroatoms. The van der Waals surface area contributed by atoms with Crippen molar-refractivity contribution >= 4 is 50.5 Å². The zero-order chi connectivity index (χ0) is 23.8. The molecule has 0 amide bonds. The SMILES string of the molecule is COc1ccc(N2C(=S)N[C@H](c3ccccn3)[C@H]2c2ccc(-c3ccc(Br)cc3F)o2)cc1Cl. The van der Waals surface area contributed by atoms with Crippen molar-refractivity contribution in [2.45, 2.75) is 12.1 Å². The number of nitrogens with zero attached hydrogens (tertiary/aromatic N) is 2. The maximum Gasteiger partial charge on any atom is 0.174 e. The van der Waals surface area contributed by atoms with Crippen LogP contribution in [0.4, 0.5) is 10.1 Å². The fourth-order valence-electron chi connectivity index (χ4n) is 4.07. The van der Waals surface area contributed by atoms with Crippen molar-refractivity contribution in [2.24, 2.45) is 0 Å². The zero-order valence-corrected chi connectivity index (χ0v) is 21.0. The lowest BCUT2D eigenvalue weighted by atomic mass is 10.0. The highest BCUT2D eigenvalue weighted by Crippen LogP contribution is 2.44. The van der Waals surface area contributed by atoms with E-state index in [9.17, 15) is 4.39 Å². The van der Waals surface area contributed by atoms with Crippen molar-refractivity contribution in [3.63, 3.8) is 0 Å². The van der Waals surface area contributed by atoms with Crippen LogP contribution in [-0.2, 0) is 0 Å². The van der Waals surface area contributed by atoms with Crippen molar-refractivity contribution in [1.82, 2.24) is 10.3 Å². The molecule has 0 spiro atoms. The Hall–Kier alpha value is -2.94. The van der Waals surface area contributed by atoms with Crippen LogP contribution in [0.3, 0.4) is 0 Å². The standard InChI is InChI=1S/C25H18BrClFN3O2S/c1-32-21-8-6-15(13-17(21)27)31-24(23(30-25(31)34)19-4-2-3-11-29-19)22-10-9-20(33-22)16-7-5-14(26)12-18(16)28/h2-13,23-24H,1H3,(H,30,34)/t23-,24-/m1/s1. The van der Waals surface area contributed by atoms with Crippen LogP contribution >= 0.6 is 39.7 Å². The van der Waals surface area contributed by atoms with Gasteiger partial charge in [-0.15, -0.1) is 0 Å². The van der Waals surface area contributed by atoms with Crippen LogP contribution in [0, 0.1) is 5.82 Å². The van der Waals surface area contributed by atoms with Gasteiger partial charge in [0.2, 0.25) is 0 Å². The van der Waals surface area contributed by atoms with Crippen LogP contribution in [0.1, 0.15) is 23.5 Å². The third-order valence-electron chi connectivity index (χ3n) is 5.63. The van der Waals surface area contributed by atoms with Crippen LogP contribution in [-0.4, -0.2) is 17.2 Å². The van der Waals surface area contributed by atoms with E-state index in [1.807, 2.05) is 35.2 Å². The summed E-state index contributed by atoms with van der Waals surface area (Å²) in [6.07, 6.45) is 1.73. The highest BCUT2D eigenvalue weighted by Gasteiger charge is 2.42. The molecule has 1 fully saturated rings. The number of hydrogen-bond donors (Lipinski definition) is 1.